The zero-order chi connectivity index (χ0) is 10.3. The molecule has 1 aliphatic heterocycles. The van der Waals surface area contributed by atoms with Gasteiger partial charge in [-0.2, -0.15) is 0 Å². The molecule has 3 rings (SSSR count). The van der Waals surface area contributed by atoms with Crippen LogP contribution in [0.5, 0.6) is 0 Å². The van der Waals surface area contributed by atoms with Gasteiger partial charge in [-0.3, -0.25) is 0 Å². The molecule has 0 N–H and O–H groups in total. The molecule has 2 atom stereocenters. The fourth-order valence-corrected chi connectivity index (χ4v) is 3.97. The molecule has 3 aliphatic rings. The molecule has 0 aromatic rings. The molecule has 1 saturated heterocycles. The van der Waals surface area contributed by atoms with Gasteiger partial charge >= 0.3 is 0 Å². The van der Waals surface area contributed by atoms with Gasteiger partial charge in [-0.1, -0.05) is 39.0 Å². The van der Waals surface area contributed by atoms with Crippen LogP contribution < -0.4 is 0 Å². The third-order valence-corrected chi connectivity index (χ3v) is 5.07. The van der Waals surface area contributed by atoms with E-state index in [1.54, 1.807) is 0 Å². The Kier molecular flexibility index (Phi) is 2.54. The van der Waals surface area contributed by atoms with Crippen LogP contribution in [0.4, 0.5) is 0 Å². The summed E-state index contributed by atoms with van der Waals surface area (Å²) in [4.78, 5) is 0. The standard InChI is InChI=1S/C14H24O/c1-14(9-5-6-10-14)13-12(15-13)11-7-3-2-4-8-11/h11-13H,2-10H2,1H3. The average Bonchev–Trinajstić information content (AvgIpc) is 2.98. The Morgan fingerprint density at radius 1 is 0.933 bits per heavy atom. The summed E-state index contributed by atoms with van der Waals surface area (Å²) in [7, 11) is 0. The van der Waals surface area contributed by atoms with Crippen LogP contribution in [0.25, 0.3) is 0 Å². The molecule has 2 saturated carbocycles. The summed E-state index contributed by atoms with van der Waals surface area (Å²) in [5, 5.41) is 0. The maximum Gasteiger partial charge on any atom is 0.0898 e. The zero-order valence-corrected chi connectivity index (χ0v) is 10.0. The van der Waals surface area contributed by atoms with Crippen molar-refractivity contribution in [2.75, 3.05) is 0 Å². The maximum absolute atomic E-state index is 6.04. The molecule has 1 heteroatoms. The van der Waals surface area contributed by atoms with Crippen LogP contribution in [0.1, 0.15) is 64.7 Å². The summed E-state index contributed by atoms with van der Waals surface area (Å²) < 4.78 is 6.04. The van der Waals surface area contributed by atoms with E-state index in [1.807, 2.05) is 0 Å². The number of hydrogen-bond acceptors (Lipinski definition) is 1. The SMILES string of the molecule is CC1(C2OC2C2CCCCC2)CCCC1. The molecule has 0 aromatic heterocycles. The highest BCUT2D eigenvalue weighted by Crippen LogP contribution is 2.53. The molecule has 0 amide bonds. The second kappa shape index (κ2) is 3.76. The van der Waals surface area contributed by atoms with E-state index in [9.17, 15) is 0 Å². The van der Waals surface area contributed by atoms with Gasteiger partial charge < -0.3 is 4.74 Å². The molecular weight excluding hydrogens is 184 g/mol. The van der Waals surface area contributed by atoms with Crippen LogP contribution in [0, 0.1) is 11.3 Å². The van der Waals surface area contributed by atoms with Crippen LogP contribution >= 0.6 is 0 Å². The van der Waals surface area contributed by atoms with Crippen LogP contribution in [0.2, 0.25) is 0 Å². The smallest absolute Gasteiger partial charge is 0.0898 e. The third-order valence-electron chi connectivity index (χ3n) is 5.07. The Morgan fingerprint density at radius 3 is 2.27 bits per heavy atom. The third kappa shape index (κ3) is 1.84. The van der Waals surface area contributed by atoms with Gasteiger partial charge in [0.15, 0.2) is 0 Å². The molecule has 0 bridgehead atoms. The Balaban J connectivity index is 1.58. The van der Waals surface area contributed by atoms with E-state index in [4.69, 9.17) is 4.74 Å². The van der Waals surface area contributed by atoms with Crippen molar-refractivity contribution in [3.63, 3.8) is 0 Å². The first-order valence-corrected chi connectivity index (χ1v) is 6.95. The van der Waals surface area contributed by atoms with Gasteiger partial charge in [-0.15, -0.1) is 0 Å². The van der Waals surface area contributed by atoms with Crippen molar-refractivity contribution in [3.05, 3.63) is 0 Å². The number of hydrogen-bond donors (Lipinski definition) is 0. The fourth-order valence-electron chi connectivity index (χ4n) is 3.97. The minimum Gasteiger partial charge on any atom is -0.369 e. The minimum atomic E-state index is 0.558. The molecule has 0 radical (unpaired) electrons. The molecule has 0 spiro atoms. The lowest BCUT2D eigenvalue weighted by molar-refractivity contribution is 0.216. The normalized spacial score (nSPS) is 40.6. The van der Waals surface area contributed by atoms with Crippen LogP contribution in [0.3, 0.4) is 0 Å². The summed E-state index contributed by atoms with van der Waals surface area (Å²) in [6.45, 7) is 2.47. The predicted octanol–water partition coefficient (Wildman–Crippen LogP) is 3.91. The first kappa shape index (κ1) is 10.1. The van der Waals surface area contributed by atoms with Crippen molar-refractivity contribution in [1.29, 1.82) is 0 Å². The van der Waals surface area contributed by atoms with E-state index in [1.165, 1.54) is 57.8 Å². The monoisotopic (exact) mass is 208 g/mol. The highest BCUT2D eigenvalue weighted by atomic mass is 16.6. The topological polar surface area (TPSA) is 12.5 Å². The molecule has 3 fully saturated rings. The van der Waals surface area contributed by atoms with Gasteiger partial charge in [-0.05, 0) is 37.0 Å². The Morgan fingerprint density at radius 2 is 1.60 bits per heavy atom. The molecule has 0 aromatic carbocycles. The Labute approximate surface area is 93.6 Å². The summed E-state index contributed by atoms with van der Waals surface area (Å²) in [6.07, 6.45) is 14.3. The number of ether oxygens (including phenoxy) is 1. The molecule has 2 unspecified atom stereocenters. The van der Waals surface area contributed by atoms with Gasteiger partial charge in [0.25, 0.3) is 0 Å². The van der Waals surface area contributed by atoms with Crippen molar-refractivity contribution in [3.8, 4) is 0 Å². The van der Waals surface area contributed by atoms with E-state index in [0.29, 0.717) is 17.6 Å². The molecule has 1 heterocycles. The first-order chi connectivity index (χ1) is 7.30. The first-order valence-electron chi connectivity index (χ1n) is 6.95. The van der Waals surface area contributed by atoms with Crippen molar-refractivity contribution in [1.82, 2.24) is 0 Å². The molecule has 1 nitrogen and oxygen atoms in total. The second-order valence-electron chi connectivity index (χ2n) is 6.28. The summed E-state index contributed by atoms with van der Waals surface area (Å²) in [5.41, 5.74) is 0.558. The van der Waals surface area contributed by atoms with Gasteiger partial charge in [0.2, 0.25) is 0 Å². The van der Waals surface area contributed by atoms with Crippen molar-refractivity contribution in [2.24, 2.45) is 11.3 Å². The minimum absolute atomic E-state index is 0.558. The lowest BCUT2D eigenvalue weighted by atomic mass is 9.78. The van der Waals surface area contributed by atoms with Crippen LogP contribution in [0.15, 0.2) is 0 Å². The van der Waals surface area contributed by atoms with Crippen molar-refractivity contribution >= 4 is 0 Å². The van der Waals surface area contributed by atoms with E-state index in [-0.39, 0.29) is 0 Å². The van der Waals surface area contributed by atoms with Gasteiger partial charge in [0, 0.05) is 0 Å². The quantitative estimate of drug-likeness (QED) is 0.627. The maximum atomic E-state index is 6.04. The summed E-state index contributed by atoms with van der Waals surface area (Å²) in [5.74, 6) is 0.918. The highest BCUT2D eigenvalue weighted by molar-refractivity contribution is 5.03. The molecule has 15 heavy (non-hydrogen) atoms. The number of epoxide rings is 1. The molecule has 2 aliphatic carbocycles. The van der Waals surface area contributed by atoms with Crippen molar-refractivity contribution in [2.45, 2.75) is 76.9 Å². The van der Waals surface area contributed by atoms with Gasteiger partial charge in [0.05, 0.1) is 12.2 Å². The van der Waals surface area contributed by atoms with Gasteiger partial charge in [0.1, 0.15) is 0 Å². The second-order valence-corrected chi connectivity index (χ2v) is 6.28. The Bertz CT molecular complexity index is 223. The Hall–Kier alpha value is -0.0400. The zero-order valence-electron chi connectivity index (χ0n) is 10.0. The lowest BCUT2D eigenvalue weighted by Crippen LogP contribution is -2.24. The lowest BCUT2D eigenvalue weighted by Gasteiger charge is -2.24. The summed E-state index contributed by atoms with van der Waals surface area (Å²) in [6, 6.07) is 0. The summed E-state index contributed by atoms with van der Waals surface area (Å²) >= 11 is 0. The van der Waals surface area contributed by atoms with E-state index in [2.05, 4.69) is 6.92 Å². The van der Waals surface area contributed by atoms with Crippen LogP contribution in [-0.4, -0.2) is 12.2 Å². The highest BCUT2D eigenvalue weighted by Gasteiger charge is 2.55. The average molecular weight is 208 g/mol. The van der Waals surface area contributed by atoms with E-state index in [0.717, 1.165) is 5.92 Å². The van der Waals surface area contributed by atoms with Gasteiger partial charge in [-0.25, -0.2) is 0 Å². The predicted molar refractivity (Wildman–Crippen MR) is 61.8 cm³/mol. The molecular formula is C14H24O. The van der Waals surface area contributed by atoms with Crippen molar-refractivity contribution < 1.29 is 4.74 Å². The van der Waals surface area contributed by atoms with Crippen LogP contribution in [-0.2, 0) is 4.74 Å². The number of rotatable bonds is 2. The van der Waals surface area contributed by atoms with E-state index < -0.39 is 0 Å². The van der Waals surface area contributed by atoms with E-state index >= 15 is 0 Å². The largest absolute Gasteiger partial charge is 0.369 e. The fraction of sp³-hybridized carbons (Fsp3) is 1.00. The molecule has 86 valence electrons.